The van der Waals surface area contributed by atoms with Gasteiger partial charge in [0.2, 0.25) is 0 Å². The van der Waals surface area contributed by atoms with E-state index in [4.69, 9.17) is 4.74 Å². The van der Waals surface area contributed by atoms with Crippen molar-refractivity contribution in [2.24, 2.45) is 0 Å². The van der Waals surface area contributed by atoms with Gasteiger partial charge in [0, 0.05) is 5.75 Å². The minimum absolute atomic E-state index is 0.0283. The second-order valence-corrected chi connectivity index (χ2v) is 6.90. The molecule has 0 aliphatic rings. The number of ether oxygens (including phenoxy) is 1. The van der Waals surface area contributed by atoms with E-state index in [1.54, 1.807) is 0 Å². The summed E-state index contributed by atoms with van der Waals surface area (Å²) in [7, 11) is 1.38. The number of hydrogen-bond acceptors (Lipinski definition) is 6. The number of nitro groups is 1. The van der Waals surface area contributed by atoms with E-state index in [-0.39, 0.29) is 11.6 Å². The summed E-state index contributed by atoms with van der Waals surface area (Å²) in [5, 5.41) is 11.3. The number of unbranched alkanes of at least 4 members (excludes halogenated alkanes) is 9. The van der Waals surface area contributed by atoms with Crippen molar-refractivity contribution in [1.82, 2.24) is 9.97 Å². The molecular weight excluding hydrogens is 326 g/mol. The van der Waals surface area contributed by atoms with Crippen molar-refractivity contribution in [2.75, 3.05) is 12.9 Å². The van der Waals surface area contributed by atoms with Crippen molar-refractivity contribution in [1.29, 1.82) is 0 Å². The Morgan fingerprint density at radius 1 is 1.08 bits per heavy atom. The molecule has 1 heterocycles. The molecule has 1 aromatic rings. The molecule has 24 heavy (non-hydrogen) atoms. The van der Waals surface area contributed by atoms with Gasteiger partial charge in [0.1, 0.15) is 6.20 Å². The molecule has 136 valence electrons. The monoisotopic (exact) mass is 355 g/mol. The Labute approximate surface area is 149 Å². The summed E-state index contributed by atoms with van der Waals surface area (Å²) in [6, 6.07) is 0. The maximum atomic E-state index is 10.8. The van der Waals surface area contributed by atoms with Crippen molar-refractivity contribution in [3.05, 3.63) is 16.3 Å². The maximum Gasteiger partial charge on any atom is 0.349 e. The Balaban J connectivity index is 2.10. The van der Waals surface area contributed by atoms with Crippen LogP contribution >= 0.6 is 11.8 Å². The maximum absolute atomic E-state index is 10.8. The summed E-state index contributed by atoms with van der Waals surface area (Å²) in [5.41, 5.74) is -0.194. The van der Waals surface area contributed by atoms with E-state index in [0.29, 0.717) is 5.16 Å². The minimum Gasteiger partial charge on any atom is -0.476 e. The van der Waals surface area contributed by atoms with Crippen molar-refractivity contribution >= 4 is 17.4 Å². The van der Waals surface area contributed by atoms with Gasteiger partial charge in [-0.3, -0.25) is 10.1 Å². The average molecular weight is 356 g/mol. The van der Waals surface area contributed by atoms with Crippen LogP contribution in [0.3, 0.4) is 0 Å². The minimum atomic E-state index is -0.532. The van der Waals surface area contributed by atoms with Crippen LogP contribution in [0.25, 0.3) is 0 Å². The predicted molar refractivity (Wildman–Crippen MR) is 97.8 cm³/mol. The summed E-state index contributed by atoms with van der Waals surface area (Å²) < 4.78 is 4.95. The predicted octanol–water partition coefficient (Wildman–Crippen LogP) is 5.41. The first-order chi connectivity index (χ1) is 11.7. The Morgan fingerprint density at radius 2 is 1.67 bits per heavy atom. The number of hydrogen-bond donors (Lipinski definition) is 0. The van der Waals surface area contributed by atoms with Crippen LogP contribution in [0, 0.1) is 10.1 Å². The number of nitrogens with zero attached hydrogens (tertiary/aromatic N) is 3. The molecule has 0 bridgehead atoms. The highest BCUT2D eigenvalue weighted by atomic mass is 32.2. The van der Waals surface area contributed by atoms with Gasteiger partial charge >= 0.3 is 5.69 Å². The highest BCUT2D eigenvalue weighted by Crippen LogP contribution is 2.26. The fourth-order valence-corrected chi connectivity index (χ4v) is 3.25. The Kier molecular flexibility index (Phi) is 11.2. The molecule has 0 aromatic carbocycles. The lowest BCUT2D eigenvalue weighted by molar-refractivity contribution is -0.386. The zero-order chi connectivity index (χ0) is 17.6. The molecule has 0 aliphatic heterocycles. The molecule has 0 unspecified atom stereocenters. The summed E-state index contributed by atoms with van der Waals surface area (Å²) in [5.74, 6) is 0.956. The van der Waals surface area contributed by atoms with E-state index in [9.17, 15) is 10.1 Å². The van der Waals surface area contributed by atoms with Gasteiger partial charge in [0.15, 0.2) is 5.16 Å². The summed E-state index contributed by atoms with van der Waals surface area (Å²) in [6.07, 6.45) is 14.3. The number of rotatable bonds is 14. The van der Waals surface area contributed by atoms with Crippen molar-refractivity contribution in [2.45, 2.75) is 76.3 Å². The number of thioether (sulfide) groups is 1. The van der Waals surface area contributed by atoms with E-state index < -0.39 is 4.92 Å². The van der Waals surface area contributed by atoms with E-state index in [0.717, 1.165) is 12.2 Å². The van der Waals surface area contributed by atoms with Crippen LogP contribution in [0.1, 0.15) is 71.1 Å². The summed E-state index contributed by atoms with van der Waals surface area (Å²) in [6.45, 7) is 2.25. The van der Waals surface area contributed by atoms with Gasteiger partial charge in [-0.05, 0) is 6.42 Å². The van der Waals surface area contributed by atoms with Crippen LogP contribution in [0.4, 0.5) is 5.69 Å². The summed E-state index contributed by atoms with van der Waals surface area (Å²) in [4.78, 5) is 18.4. The molecule has 0 N–H and O–H groups in total. The van der Waals surface area contributed by atoms with Crippen LogP contribution in [0.2, 0.25) is 0 Å². The molecule has 0 amide bonds. The fourth-order valence-electron chi connectivity index (χ4n) is 2.44. The SMILES string of the molecule is CCCCCCCCCCCCSc1ncc([N+](=O)[O-])c(OC)n1. The normalized spacial score (nSPS) is 10.8. The van der Waals surface area contributed by atoms with Crippen LogP contribution in [0.15, 0.2) is 11.4 Å². The van der Waals surface area contributed by atoms with Crippen LogP contribution in [-0.4, -0.2) is 27.8 Å². The zero-order valence-electron chi connectivity index (χ0n) is 14.8. The molecule has 0 aliphatic carbocycles. The molecule has 0 spiro atoms. The van der Waals surface area contributed by atoms with Gasteiger partial charge in [-0.15, -0.1) is 0 Å². The lowest BCUT2D eigenvalue weighted by Gasteiger charge is -2.04. The molecule has 0 atom stereocenters. The third kappa shape index (κ3) is 8.47. The smallest absolute Gasteiger partial charge is 0.349 e. The molecule has 7 heteroatoms. The van der Waals surface area contributed by atoms with Crippen molar-refractivity contribution < 1.29 is 9.66 Å². The lowest BCUT2D eigenvalue weighted by atomic mass is 10.1. The first kappa shape index (κ1) is 20.7. The average Bonchev–Trinajstić information content (AvgIpc) is 2.59. The highest BCUT2D eigenvalue weighted by Gasteiger charge is 2.17. The van der Waals surface area contributed by atoms with Gasteiger partial charge in [0.25, 0.3) is 5.88 Å². The number of methoxy groups -OCH3 is 1. The van der Waals surface area contributed by atoms with Gasteiger partial charge in [-0.1, -0.05) is 76.5 Å². The third-order valence-electron chi connectivity index (χ3n) is 3.83. The van der Waals surface area contributed by atoms with Gasteiger partial charge in [-0.25, -0.2) is 4.98 Å². The van der Waals surface area contributed by atoms with Crippen LogP contribution in [0.5, 0.6) is 5.88 Å². The first-order valence-electron chi connectivity index (χ1n) is 8.87. The molecule has 0 saturated carbocycles. The molecule has 1 rings (SSSR count). The standard InChI is InChI=1S/C17H29N3O3S/c1-3-4-5-6-7-8-9-10-11-12-13-24-17-18-14-15(20(21)22)16(19-17)23-2/h14H,3-13H2,1-2H3. The van der Waals surface area contributed by atoms with Crippen LogP contribution < -0.4 is 4.74 Å². The van der Waals surface area contributed by atoms with E-state index in [1.165, 1.54) is 82.9 Å². The lowest BCUT2D eigenvalue weighted by Crippen LogP contribution is -1.99. The van der Waals surface area contributed by atoms with Gasteiger partial charge in [-0.2, -0.15) is 4.98 Å². The Hall–Kier alpha value is -1.37. The summed E-state index contributed by atoms with van der Waals surface area (Å²) >= 11 is 1.52. The van der Waals surface area contributed by atoms with E-state index >= 15 is 0 Å². The second kappa shape index (κ2) is 13.0. The van der Waals surface area contributed by atoms with Crippen molar-refractivity contribution in [3.8, 4) is 5.88 Å². The quantitative estimate of drug-likeness (QED) is 0.146. The Morgan fingerprint density at radius 3 is 2.21 bits per heavy atom. The van der Waals surface area contributed by atoms with Gasteiger partial charge < -0.3 is 4.74 Å². The molecule has 0 saturated heterocycles. The second-order valence-electron chi connectivity index (χ2n) is 5.83. The zero-order valence-corrected chi connectivity index (χ0v) is 15.6. The fraction of sp³-hybridized carbons (Fsp3) is 0.765. The number of aromatic nitrogens is 2. The molecule has 6 nitrogen and oxygen atoms in total. The molecule has 0 radical (unpaired) electrons. The topological polar surface area (TPSA) is 78.2 Å². The van der Waals surface area contributed by atoms with Crippen molar-refractivity contribution in [3.63, 3.8) is 0 Å². The molecular formula is C17H29N3O3S. The first-order valence-corrected chi connectivity index (χ1v) is 9.85. The molecule has 0 fully saturated rings. The largest absolute Gasteiger partial charge is 0.476 e. The highest BCUT2D eigenvalue weighted by molar-refractivity contribution is 7.99. The van der Waals surface area contributed by atoms with Crippen LogP contribution in [-0.2, 0) is 0 Å². The third-order valence-corrected chi connectivity index (χ3v) is 4.78. The van der Waals surface area contributed by atoms with E-state index in [2.05, 4.69) is 16.9 Å². The Bertz CT molecular complexity index is 486. The molecule has 1 aromatic heterocycles. The van der Waals surface area contributed by atoms with Gasteiger partial charge in [0.05, 0.1) is 12.0 Å². The van der Waals surface area contributed by atoms with E-state index in [1.807, 2.05) is 0 Å².